The highest BCUT2D eigenvalue weighted by atomic mass is 19.4. The van der Waals surface area contributed by atoms with Crippen molar-refractivity contribution in [1.82, 2.24) is 19.7 Å². The molecule has 42 heavy (non-hydrogen) atoms. The predicted octanol–water partition coefficient (Wildman–Crippen LogP) is 7.09. The summed E-state index contributed by atoms with van der Waals surface area (Å²) < 4.78 is 56.8. The Morgan fingerprint density at radius 1 is 1.02 bits per heavy atom. The molecule has 1 fully saturated rings. The number of carbonyl (C=O) groups excluding carboxylic acids is 1. The van der Waals surface area contributed by atoms with Crippen molar-refractivity contribution in [3.63, 3.8) is 0 Å². The SMILES string of the molecule is CC1=C(C(=O)Cc2ccc3cnccc3c2)C(c2ccc(C(F)(F)F)c(F)c2)n2nc(CN3CCC(C)CC3)cc2C1. The van der Waals surface area contributed by atoms with Crippen molar-refractivity contribution >= 4 is 16.6 Å². The van der Waals surface area contributed by atoms with Crippen LogP contribution in [0.3, 0.4) is 0 Å². The van der Waals surface area contributed by atoms with Gasteiger partial charge in [-0.2, -0.15) is 18.3 Å². The van der Waals surface area contributed by atoms with E-state index in [1.807, 2.05) is 37.3 Å². The van der Waals surface area contributed by atoms with Gasteiger partial charge in [0.25, 0.3) is 0 Å². The molecule has 5 nitrogen and oxygen atoms in total. The summed E-state index contributed by atoms with van der Waals surface area (Å²) in [6.45, 7) is 6.71. The van der Waals surface area contributed by atoms with Crippen LogP contribution in [0.15, 0.2) is 72.1 Å². The van der Waals surface area contributed by atoms with Crippen molar-refractivity contribution in [1.29, 1.82) is 0 Å². The molecule has 0 bridgehead atoms. The Labute approximate surface area is 241 Å². The first-order valence-corrected chi connectivity index (χ1v) is 14.3. The van der Waals surface area contributed by atoms with Gasteiger partial charge in [-0.15, -0.1) is 0 Å². The van der Waals surface area contributed by atoms with Crippen molar-refractivity contribution in [2.24, 2.45) is 5.92 Å². The van der Waals surface area contributed by atoms with Crippen LogP contribution in [0, 0.1) is 11.7 Å². The summed E-state index contributed by atoms with van der Waals surface area (Å²) in [5.41, 5.74) is 2.67. The molecular formula is C33H32F4N4O. The van der Waals surface area contributed by atoms with Gasteiger partial charge >= 0.3 is 6.18 Å². The topological polar surface area (TPSA) is 51.0 Å². The summed E-state index contributed by atoms with van der Waals surface area (Å²) >= 11 is 0. The molecule has 2 aliphatic heterocycles. The predicted molar refractivity (Wildman–Crippen MR) is 152 cm³/mol. The summed E-state index contributed by atoms with van der Waals surface area (Å²) in [7, 11) is 0. The maximum absolute atomic E-state index is 14.9. The molecule has 9 heteroatoms. The number of rotatable bonds is 6. The molecule has 0 radical (unpaired) electrons. The lowest BCUT2D eigenvalue weighted by atomic mass is 9.85. The number of hydrogen-bond donors (Lipinski definition) is 0. The van der Waals surface area contributed by atoms with E-state index in [0.717, 1.165) is 71.4 Å². The Morgan fingerprint density at radius 2 is 1.81 bits per heavy atom. The quantitative estimate of drug-likeness (QED) is 0.230. The number of fused-ring (bicyclic) bond motifs is 2. The molecule has 1 saturated heterocycles. The summed E-state index contributed by atoms with van der Waals surface area (Å²) in [6.07, 6.45) is 1.44. The molecule has 1 atom stereocenters. The van der Waals surface area contributed by atoms with Crippen LogP contribution in [0.1, 0.15) is 60.8 Å². The molecular weight excluding hydrogens is 544 g/mol. The molecule has 4 heterocycles. The average Bonchev–Trinajstić information content (AvgIpc) is 3.34. The van der Waals surface area contributed by atoms with Crippen LogP contribution >= 0.6 is 0 Å². The van der Waals surface area contributed by atoms with Gasteiger partial charge in [0.05, 0.1) is 11.3 Å². The van der Waals surface area contributed by atoms with E-state index in [1.165, 1.54) is 6.07 Å². The molecule has 218 valence electrons. The van der Waals surface area contributed by atoms with Gasteiger partial charge in [-0.05, 0) is 79.6 Å². The van der Waals surface area contributed by atoms with Crippen molar-refractivity contribution in [2.45, 2.75) is 58.3 Å². The third-order valence-corrected chi connectivity index (χ3v) is 8.53. The Morgan fingerprint density at radius 3 is 2.55 bits per heavy atom. The highest BCUT2D eigenvalue weighted by Crippen LogP contribution is 2.39. The lowest BCUT2D eigenvalue weighted by molar-refractivity contribution is -0.140. The number of ketones is 1. The number of pyridine rings is 1. The zero-order valence-corrected chi connectivity index (χ0v) is 23.6. The number of nitrogens with zero attached hydrogens (tertiary/aromatic N) is 4. The maximum atomic E-state index is 14.9. The van der Waals surface area contributed by atoms with E-state index >= 15 is 0 Å². The normalized spacial score (nSPS) is 18.5. The van der Waals surface area contributed by atoms with Crippen molar-refractivity contribution in [3.05, 3.63) is 106 Å². The van der Waals surface area contributed by atoms with E-state index in [9.17, 15) is 22.4 Å². The standard InChI is InChI=1S/C33H32F4N4O/c1-20-8-11-40(12-9-20)19-26-17-27-13-21(2)31(30(42)15-22-3-4-25-18-38-10-7-23(25)14-22)32(41(27)39-26)24-5-6-28(29(34)16-24)33(35,36)37/h3-7,10,14,16-18,20,32H,8-9,11-13,15,19H2,1-2H3. The minimum atomic E-state index is -4.82. The van der Waals surface area contributed by atoms with Gasteiger partial charge < -0.3 is 0 Å². The van der Waals surface area contributed by atoms with Gasteiger partial charge in [0.1, 0.15) is 11.9 Å². The number of alkyl halides is 3. The molecule has 0 saturated carbocycles. The van der Waals surface area contributed by atoms with Gasteiger partial charge in [-0.25, -0.2) is 4.39 Å². The lowest BCUT2D eigenvalue weighted by Crippen LogP contribution is -2.32. The van der Waals surface area contributed by atoms with Gasteiger partial charge in [0.15, 0.2) is 5.78 Å². The molecule has 2 aromatic carbocycles. The lowest BCUT2D eigenvalue weighted by Gasteiger charge is -2.30. The highest BCUT2D eigenvalue weighted by molar-refractivity contribution is 5.99. The van der Waals surface area contributed by atoms with E-state index in [1.54, 1.807) is 17.1 Å². The maximum Gasteiger partial charge on any atom is 0.419 e. The Balaban J connectivity index is 1.37. The van der Waals surface area contributed by atoms with E-state index in [0.29, 0.717) is 24.5 Å². The molecule has 1 unspecified atom stereocenters. The van der Waals surface area contributed by atoms with E-state index in [4.69, 9.17) is 5.10 Å². The largest absolute Gasteiger partial charge is 0.419 e. The fraction of sp³-hybridized carbons (Fsp3) is 0.364. The van der Waals surface area contributed by atoms with Crippen molar-refractivity contribution < 1.29 is 22.4 Å². The second-order valence-electron chi connectivity index (χ2n) is 11.7. The molecule has 0 spiro atoms. The zero-order chi connectivity index (χ0) is 29.6. The number of likely N-dealkylation sites (tertiary alicyclic amines) is 1. The van der Waals surface area contributed by atoms with E-state index < -0.39 is 23.6 Å². The number of halogens is 4. The first kappa shape index (κ1) is 28.3. The smallest absolute Gasteiger partial charge is 0.297 e. The molecule has 2 aliphatic rings. The zero-order valence-electron chi connectivity index (χ0n) is 23.6. The third kappa shape index (κ3) is 5.62. The first-order chi connectivity index (χ1) is 20.1. The van der Waals surface area contributed by atoms with Crippen LogP contribution < -0.4 is 0 Å². The van der Waals surface area contributed by atoms with Gasteiger partial charge in [0, 0.05) is 48.4 Å². The van der Waals surface area contributed by atoms with Crippen LogP contribution in [0.5, 0.6) is 0 Å². The number of benzene rings is 2. The van der Waals surface area contributed by atoms with Crippen LogP contribution in [-0.4, -0.2) is 38.5 Å². The van der Waals surface area contributed by atoms with Crippen LogP contribution in [0.2, 0.25) is 0 Å². The Bertz CT molecular complexity index is 1680. The Hall–Kier alpha value is -3.85. The van der Waals surface area contributed by atoms with Crippen LogP contribution in [-0.2, 0) is 30.4 Å². The average molecular weight is 577 g/mol. The second kappa shape index (κ2) is 11.1. The molecule has 0 aliphatic carbocycles. The molecule has 0 amide bonds. The highest BCUT2D eigenvalue weighted by Gasteiger charge is 2.37. The number of aromatic nitrogens is 3. The fourth-order valence-electron chi connectivity index (χ4n) is 6.25. The monoisotopic (exact) mass is 576 g/mol. The van der Waals surface area contributed by atoms with E-state index in [-0.39, 0.29) is 17.8 Å². The summed E-state index contributed by atoms with van der Waals surface area (Å²) in [5.74, 6) is -0.844. The number of piperidine rings is 1. The summed E-state index contributed by atoms with van der Waals surface area (Å²) in [5, 5.41) is 6.79. The van der Waals surface area contributed by atoms with E-state index in [2.05, 4.69) is 16.8 Å². The number of carbonyl (C=O) groups is 1. The van der Waals surface area contributed by atoms with Crippen molar-refractivity contribution in [2.75, 3.05) is 13.1 Å². The molecule has 4 aromatic rings. The minimum Gasteiger partial charge on any atom is -0.297 e. The summed E-state index contributed by atoms with van der Waals surface area (Å²) in [4.78, 5) is 20.5. The summed E-state index contributed by atoms with van der Waals surface area (Å²) in [6, 6.07) is 11.7. The molecule has 6 rings (SSSR count). The van der Waals surface area contributed by atoms with Crippen molar-refractivity contribution in [3.8, 4) is 0 Å². The molecule has 0 N–H and O–H groups in total. The van der Waals surface area contributed by atoms with Crippen LogP contribution in [0.4, 0.5) is 17.6 Å². The second-order valence-corrected chi connectivity index (χ2v) is 11.7. The Kier molecular flexibility index (Phi) is 7.47. The van der Waals surface area contributed by atoms with Crippen LogP contribution in [0.25, 0.3) is 10.8 Å². The number of hydrogen-bond acceptors (Lipinski definition) is 4. The minimum absolute atomic E-state index is 0.0972. The first-order valence-electron chi connectivity index (χ1n) is 14.3. The van der Waals surface area contributed by atoms with Gasteiger partial charge in [-0.1, -0.05) is 36.8 Å². The van der Waals surface area contributed by atoms with Gasteiger partial charge in [0.2, 0.25) is 0 Å². The number of Topliss-reactive ketones (excluding diaryl/α,β-unsaturated/α-hetero) is 1. The molecule has 2 aromatic heterocycles. The fourth-order valence-corrected chi connectivity index (χ4v) is 6.25. The van der Waals surface area contributed by atoms with Gasteiger partial charge in [-0.3, -0.25) is 19.4 Å². The number of allylic oxidation sites excluding steroid dienone is 2. The third-order valence-electron chi connectivity index (χ3n) is 8.53.